The lowest BCUT2D eigenvalue weighted by Crippen LogP contribution is -2.58. The van der Waals surface area contributed by atoms with Gasteiger partial charge in [0.25, 0.3) is 0 Å². The van der Waals surface area contributed by atoms with Crippen molar-refractivity contribution in [2.45, 2.75) is 70.4 Å². The van der Waals surface area contributed by atoms with Crippen molar-refractivity contribution in [2.75, 3.05) is 6.54 Å². The summed E-state index contributed by atoms with van der Waals surface area (Å²) in [5.41, 5.74) is 0.950. The van der Waals surface area contributed by atoms with Crippen molar-refractivity contribution in [1.29, 1.82) is 0 Å². The first-order valence-electron chi connectivity index (χ1n) is 11.8. The number of hydrogen-bond donors (Lipinski definition) is 1. The Morgan fingerprint density at radius 2 is 1.70 bits per heavy atom. The quantitative estimate of drug-likeness (QED) is 0.797. The van der Waals surface area contributed by atoms with Gasteiger partial charge in [-0.1, -0.05) is 19.1 Å². The average molecular weight is 413 g/mol. The van der Waals surface area contributed by atoms with Crippen LogP contribution >= 0.6 is 0 Å². The highest BCUT2D eigenvalue weighted by Gasteiger charge is 2.49. The lowest BCUT2D eigenvalue weighted by molar-refractivity contribution is -0.142. The van der Waals surface area contributed by atoms with Crippen LogP contribution in [0, 0.1) is 35.4 Å². The number of carbonyl (C=O) groups excluding carboxylic acids is 2. The highest BCUT2D eigenvalue weighted by Crippen LogP contribution is 2.53. The van der Waals surface area contributed by atoms with Crippen molar-refractivity contribution < 1.29 is 14.0 Å². The number of benzene rings is 1. The summed E-state index contributed by atoms with van der Waals surface area (Å²) in [6.45, 7) is 2.57. The predicted molar refractivity (Wildman–Crippen MR) is 113 cm³/mol. The molecule has 4 bridgehead atoms. The van der Waals surface area contributed by atoms with E-state index in [4.69, 9.17) is 0 Å². The molecule has 1 saturated heterocycles. The first-order chi connectivity index (χ1) is 14.5. The molecule has 1 heterocycles. The van der Waals surface area contributed by atoms with Crippen molar-refractivity contribution in [3.63, 3.8) is 0 Å². The molecule has 0 unspecified atom stereocenters. The first-order valence-corrected chi connectivity index (χ1v) is 11.8. The first kappa shape index (κ1) is 20.0. The summed E-state index contributed by atoms with van der Waals surface area (Å²) in [6.07, 6.45) is 8.73. The zero-order valence-corrected chi connectivity index (χ0v) is 17.9. The maximum Gasteiger partial charge on any atom is 0.243 e. The van der Waals surface area contributed by atoms with Crippen LogP contribution in [0.5, 0.6) is 0 Å². The van der Waals surface area contributed by atoms with E-state index in [1.165, 1.54) is 44.2 Å². The molecular weight excluding hydrogens is 379 g/mol. The van der Waals surface area contributed by atoms with Crippen LogP contribution in [0.15, 0.2) is 24.3 Å². The van der Waals surface area contributed by atoms with Gasteiger partial charge in [-0.2, -0.15) is 0 Å². The Labute approximate surface area is 178 Å². The third-order valence-electron chi connectivity index (χ3n) is 8.25. The fourth-order valence-corrected chi connectivity index (χ4v) is 7.07. The van der Waals surface area contributed by atoms with Crippen LogP contribution < -0.4 is 5.32 Å². The van der Waals surface area contributed by atoms with Gasteiger partial charge in [0.15, 0.2) is 0 Å². The largest absolute Gasteiger partial charge is 0.351 e. The van der Waals surface area contributed by atoms with E-state index in [9.17, 15) is 14.0 Å². The number of hydrogen-bond acceptors (Lipinski definition) is 2. The molecule has 30 heavy (non-hydrogen) atoms. The Hall–Kier alpha value is -1.91. The molecular formula is C25H33FN2O2. The maximum atomic E-state index is 13.2. The molecule has 4 nitrogen and oxygen atoms in total. The van der Waals surface area contributed by atoms with Gasteiger partial charge in [0, 0.05) is 18.5 Å². The van der Waals surface area contributed by atoms with Crippen molar-refractivity contribution in [2.24, 2.45) is 29.6 Å². The van der Waals surface area contributed by atoms with Gasteiger partial charge < -0.3 is 10.2 Å². The second-order valence-corrected chi connectivity index (χ2v) is 10.4. The summed E-state index contributed by atoms with van der Waals surface area (Å²) in [5, 5.41) is 3.41. The van der Waals surface area contributed by atoms with E-state index < -0.39 is 0 Å². The van der Waals surface area contributed by atoms with Crippen molar-refractivity contribution >= 4 is 11.8 Å². The van der Waals surface area contributed by atoms with E-state index in [1.807, 2.05) is 6.92 Å². The van der Waals surface area contributed by atoms with Crippen molar-refractivity contribution in [1.82, 2.24) is 10.2 Å². The molecule has 4 aliphatic carbocycles. The van der Waals surface area contributed by atoms with E-state index >= 15 is 0 Å². The Balaban J connectivity index is 1.21. The molecule has 6 rings (SSSR count). The number of amides is 2. The lowest BCUT2D eigenvalue weighted by Gasteiger charge is -2.54. The van der Waals surface area contributed by atoms with Crippen LogP contribution in [0.4, 0.5) is 4.39 Å². The Kier molecular flexibility index (Phi) is 5.32. The van der Waals surface area contributed by atoms with Gasteiger partial charge in [-0.25, -0.2) is 4.39 Å². The molecule has 0 radical (unpaired) electrons. The topological polar surface area (TPSA) is 49.4 Å². The molecule has 1 aliphatic heterocycles. The summed E-state index contributed by atoms with van der Waals surface area (Å²) in [5.74, 6) is 2.69. The number of halogens is 1. The smallest absolute Gasteiger partial charge is 0.243 e. The van der Waals surface area contributed by atoms with E-state index in [0.29, 0.717) is 30.8 Å². The molecule has 2 amide bonds. The third kappa shape index (κ3) is 3.76. The van der Waals surface area contributed by atoms with Gasteiger partial charge in [0.05, 0.1) is 0 Å². The predicted octanol–water partition coefficient (Wildman–Crippen LogP) is 3.94. The maximum absolute atomic E-state index is 13.2. The second-order valence-electron chi connectivity index (χ2n) is 10.4. The van der Waals surface area contributed by atoms with E-state index in [0.717, 1.165) is 30.2 Å². The molecule has 0 spiro atoms. The third-order valence-corrected chi connectivity index (χ3v) is 8.25. The van der Waals surface area contributed by atoms with Gasteiger partial charge in [-0.15, -0.1) is 0 Å². The number of carbonyl (C=O) groups is 2. The molecule has 5 heteroatoms. The van der Waals surface area contributed by atoms with E-state index in [1.54, 1.807) is 17.0 Å². The normalized spacial score (nSPS) is 35.5. The van der Waals surface area contributed by atoms with Crippen LogP contribution in [0.2, 0.25) is 0 Å². The molecule has 2 atom stereocenters. The Bertz CT molecular complexity index is 780. The van der Waals surface area contributed by atoms with Crippen LogP contribution in [0.25, 0.3) is 0 Å². The molecule has 0 aromatic heterocycles. The minimum Gasteiger partial charge on any atom is -0.351 e. The van der Waals surface area contributed by atoms with Gasteiger partial charge in [0.2, 0.25) is 11.8 Å². The monoisotopic (exact) mass is 412 g/mol. The van der Waals surface area contributed by atoms with Crippen LogP contribution in [-0.4, -0.2) is 35.3 Å². The highest BCUT2D eigenvalue weighted by atomic mass is 19.1. The Morgan fingerprint density at radius 1 is 1.07 bits per heavy atom. The number of nitrogens with zero attached hydrogens (tertiary/aromatic N) is 1. The molecule has 162 valence electrons. The minimum absolute atomic E-state index is 0.0436. The summed E-state index contributed by atoms with van der Waals surface area (Å²) in [6, 6.07) is 6.33. The summed E-state index contributed by atoms with van der Waals surface area (Å²) in [4.78, 5) is 28.2. The molecule has 4 saturated carbocycles. The lowest BCUT2D eigenvalue weighted by atomic mass is 9.54. The van der Waals surface area contributed by atoms with Crippen molar-refractivity contribution in [3.05, 3.63) is 35.6 Å². The van der Waals surface area contributed by atoms with Gasteiger partial charge in [0.1, 0.15) is 11.9 Å². The highest BCUT2D eigenvalue weighted by molar-refractivity contribution is 5.89. The van der Waals surface area contributed by atoms with Gasteiger partial charge >= 0.3 is 0 Å². The van der Waals surface area contributed by atoms with E-state index in [-0.39, 0.29) is 29.6 Å². The van der Waals surface area contributed by atoms with E-state index in [2.05, 4.69) is 5.32 Å². The van der Waals surface area contributed by atoms with Gasteiger partial charge in [-0.3, -0.25) is 9.59 Å². The molecule has 1 N–H and O–H groups in total. The number of rotatable bonds is 5. The summed E-state index contributed by atoms with van der Waals surface area (Å²) < 4.78 is 13.1. The fraction of sp³-hybridized carbons (Fsp3) is 0.680. The fourth-order valence-electron chi connectivity index (χ4n) is 7.07. The SMILES string of the molecule is C[C@@H](Cc1ccc(F)cc1)C(=O)N1CCC[C@@H]1C(=O)NC1C2CC3CC(C2)CC1C3. The van der Waals surface area contributed by atoms with Crippen LogP contribution in [0.3, 0.4) is 0 Å². The van der Waals surface area contributed by atoms with Crippen LogP contribution in [0.1, 0.15) is 57.4 Å². The molecule has 1 aromatic rings. The number of nitrogens with one attached hydrogen (secondary N) is 1. The summed E-state index contributed by atoms with van der Waals surface area (Å²) in [7, 11) is 0. The molecule has 1 aromatic carbocycles. The zero-order valence-electron chi connectivity index (χ0n) is 17.9. The van der Waals surface area contributed by atoms with Crippen molar-refractivity contribution in [3.8, 4) is 0 Å². The standard InChI is InChI=1S/C25H33FN2O2/c1-15(9-16-4-6-21(26)7-5-16)25(30)28-8-2-3-22(28)24(29)27-23-19-11-17-10-18(13-19)14-20(23)12-17/h4-7,15,17-20,22-23H,2-3,8-14H2,1H3,(H,27,29)/t15-,17?,18?,19?,20?,22+,23?/m0/s1. The number of likely N-dealkylation sites (tertiary alicyclic amines) is 1. The second kappa shape index (κ2) is 7.97. The minimum atomic E-state index is -0.328. The molecule has 5 aliphatic rings. The zero-order chi connectivity index (χ0) is 20.8. The summed E-state index contributed by atoms with van der Waals surface area (Å²) >= 11 is 0. The van der Waals surface area contributed by atoms with Crippen LogP contribution in [-0.2, 0) is 16.0 Å². The Morgan fingerprint density at radius 3 is 2.33 bits per heavy atom. The average Bonchev–Trinajstić information content (AvgIpc) is 3.21. The van der Waals surface area contributed by atoms with Gasteiger partial charge in [-0.05, 0) is 92.7 Å². The molecule has 5 fully saturated rings.